The lowest BCUT2D eigenvalue weighted by Gasteiger charge is -2.07. The summed E-state index contributed by atoms with van der Waals surface area (Å²) in [5.74, 6) is 0.0230. The van der Waals surface area contributed by atoms with E-state index in [2.05, 4.69) is 4.98 Å². The summed E-state index contributed by atoms with van der Waals surface area (Å²) >= 11 is 3.09. The molecule has 0 bridgehead atoms. The number of aromatic nitrogens is 1. The summed E-state index contributed by atoms with van der Waals surface area (Å²) in [6, 6.07) is 0. The SMILES string of the molecule is CCC(SCc1cnc(C)s1)C(=O)O. The molecule has 0 fully saturated rings. The van der Waals surface area contributed by atoms with E-state index in [0.29, 0.717) is 6.42 Å². The number of thiazole rings is 1. The third-order valence-electron chi connectivity index (χ3n) is 1.74. The van der Waals surface area contributed by atoms with Crippen LogP contribution in [0.15, 0.2) is 6.20 Å². The number of carbonyl (C=O) groups is 1. The van der Waals surface area contributed by atoms with Gasteiger partial charge >= 0.3 is 5.97 Å². The summed E-state index contributed by atoms with van der Waals surface area (Å²) in [7, 11) is 0. The van der Waals surface area contributed by atoms with E-state index in [1.807, 2.05) is 20.0 Å². The van der Waals surface area contributed by atoms with Crippen LogP contribution in [0.2, 0.25) is 0 Å². The minimum atomic E-state index is -0.723. The summed E-state index contributed by atoms with van der Waals surface area (Å²) < 4.78 is 0. The molecule has 1 N–H and O–H groups in total. The maximum Gasteiger partial charge on any atom is 0.316 e. The van der Waals surface area contributed by atoms with Gasteiger partial charge in [-0.2, -0.15) is 0 Å². The Bertz CT molecular complexity index is 312. The van der Waals surface area contributed by atoms with Crippen LogP contribution in [0.5, 0.6) is 0 Å². The van der Waals surface area contributed by atoms with Gasteiger partial charge in [-0.25, -0.2) is 4.98 Å². The van der Waals surface area contributed by atoms with Crippen molar-refractivity contribution in [1.29, 1.82) is 0 Å². The van der Waals surface area contributed by atoms with E-state index in [1.165, 1.54) is 11.8 Å². The quantitative estimate of drug-likeness (QED) is 0.846. The predicted octanol–water partition coefficient (Wildman–Crippen LogP) is 2.55. The Hall–Kier alpha value is -0.550. The molecule has 0 spiro atoms. The zero-order chi connectivity index (χ0) is 10.6. The number of carboxylic acid groups (broad SMARTS) is 1. The first-order chi connectivity index (χ1) is 6.63. The monoisotopic (exact) mass is 231 g/mol. The van der Waals surface area contributed by atoms with Gasteiger partial charge in [-0.3, -0.25) is 4.79 Å². The molecule has 1 aromatic heterocycles. The van der Waals surface area contributed by atoms with Crippen molar-refractivity contribution in [3.8, 4) is 0 Å². The lowest BCUT2D eigenvalue weighted by molar-refractivity contribution is -0.136. The van der Waals surface area contributed by atoms with Gasteiger partial charge in [-0.15, -0.1) is 23.1 Å². The standard InChI is InChI=1S/C9H13NO2S2/c1-3-8(9(11)12)13-5-7-4-10-6(2)14-7/h4,8H,3,5H2,1-2H3,(H,11,12). The van der Waals surface area contributed by atoms with Gasteiger partial charge in [-0.1, -0.05) is 6.92 Å². The molecule has 0 aliphatic heterocycles. The van der Waals surface area contributed by atoms with Crippen molar-refractivity contribution in [2.75, 3.05) is 0 Å². The van der Waals surface area contributed by atoms with E-state index >= 15 is 0 Å². The average molecular weight is 231 g/mol. The van der Waals surface area contributed by atoms with Crippen LogP contribution in [0.3, 0.4) is 0 Å². The molecule has 3 nitrogen and oxygen atoms in total. The third-order valence-corrected chi connectivity index (χ3v) is 4.25. The summed E-state index contributed by atoms with van der Waals surface area (Å²) in [6.45, 7) is 3.84. The molecule has 0 aliphatic carbocycles. The average Bonchev–Trinajstić information content (AvgIpc) is 2.52. The van der Waals surface area contributed by atoms with Crippen LogP contribution in [0, 0.1) is 6.92 Å². The number of hydrogen-bond acceptors (Lipinski definition) is 4. The molecule has 0 aromatic carbocycles. The second kappa shape index (κ2) is 5.36. The van der Waals surface area contributed by atoms with Crippen molar-refractivity contribution in [2.24, 2.45) is 0 Å². The molecule has 1 atom stereocenters. The Balaban J connectivity index is 2.43. The first kappa shape index (κ1) is 11.5. The maximum absolute atomic E-state index is 10.7. The molecule has 0 saturated carbocycles. The van der Waals surface area contributed by atoms with Crippen LogP contribution in [0.25, 0.3) is 0 Å². The van der Waals surface area contributed by atoms with Gasteiger partial charge in [0, 0.05) is 16.8 Å². The third kappa shape index (κ3) is 3.31. The lowest BCUT2D eigenvalue weighted by Crippen LogP contribution is -2.14. The number of carboxylic acids is 1. The van der Waals surface area contributed by atoms with E-state index in [0.717, 1.165) is 15.6 Å². The van der Waals surface area contributed by atoms with Crippen LogP contribution in [0.4, 0.5) is 0 Å². The number of thioether (sulfide) groups is 1. The Kier molecular flexibility index (Phi) is 4.41. The minimum absolute atomic E-state index is 0.294. The van der Waals surface area contributed by atoms with Crippen molar-refractivity contribution >= 4 is 29.1 Å². The Labute approximate surface area is 91.6 Å². The molecule has 78 valence electrons. The van der Waals surface area contributed by atoms with Crippen LogP contribution >= 0.6 is 23.1 Å². The fraction of sp³-hybridized carbons (Fsp3) is 0.556. The predicted molar refractivity (Wildman–Crippen MR) is 59.9 cm³/mol. The highest BCUT2D eigenvalue weighted by molar-refractivity contribution is 7.99. The van der Waals surface area contributed by atoms with E-state index < -0.39 is 5.97 Å². The highest BCUT2D eigenvalue weighted by Gasteiger charge is 2.15. The molecule has 1 heterocycles. The lowest BCUT2D eigenvalue weighted by atomic mass is 10.3. The van der Waals surface area contributed by atoms with Gasteiger partial charge < -0.3 is 5.11 Å². The largest absolute Gasteiger partial charge is 0.480 e. The zero-order valence-corrected chi connectivity index (χ0v) is 9.82. The number of aryl methyl sites for hydroxylation is 1. The fourth-order valence-electron chi connectivity index (χ4n) is 1.02. The summed E-state index contributed by atoms with van der Waals surface area (Å²) in [6.07, 6.45) is 2.49. The van der Waals surface area contributed by atoms with Crippen LogP contribution < -0.4 is 0 Å². The first-order valence-electron chi connectivity index (χ1n) is 4.39. The van der Waals surface area contributed by atoms with Gasteiger partial charge in [-0.05, 0) is 13.3 Å². The normalized spacial score (nSPS) is 12.7. The van der Waals surface area contributed by atoms with Gasteiger partial charge in [0.15, 0.2) is 0 Å². The zero-order valence-electron chi connectivity index (χ0n) is 8.19. The van der Waals surface area contributed by atoms with Gasteiger partial charge in [0.05, 0.1) is 5.01 Å². The number of nitrogens with zero attached hydrogens (tertiary/aromatic N) is 1. The number of aliphatic carboxylic acids is 1. The fourth-order valence-corrected chi connectivity index (χ4v) is 2.87. The molecule has 0 radical (unpaired) electrons. The molecule has 14 heavy (non-hydrogen) atoms. The van der Waals surface area contributed by atoms with Crippen molar-refractivity contribution in [3.63, 3.8) is 0 Å². The van der Waals surface area contributed by atoms with Gasteiger partial charge in [0.2, 0.25) is 0 Å². The highest BCUT2D eigenvalue weighted by atomic mass is 32.2. The first-order valence-corrected chi connectivity index (χ1v) is 6.25. The molecule has 5 heteroatoms. The Morgan fingerprint density at radius 3 is 2.93 bits per heavy atom. The van der Waals surface area contributed by atoms with Crippen molar-refractivity contribution in [3.05, 3.63) is 16.1 Å². The van der Waals surface area contributed by atoms with E-state index in [9.17, 15) is 4.79 Å². The van der Waals surface area contributed by atoms with Crippen LogP contribution in [-0.4, -0.2) is 21.3 Å². The molecule has 0 saturated heterocycles. The molecule has 1 rings (SSSR count). The van der Waals surface area contributed by atoms with Crippen molar-refractivity contribution in [2.45, 2.75) is 31.3 Å². The van der Waals surface area contributed by atoms with Crippen LogP contribution in [0.1, 0.15) is 23.2 Å². The molecule has 1 aromatic rings. The molecule has 0 aliphatic rings. The van der Waals surface area contributed by atoms with Gasteiger partial charge in [0.1, 0.15) is 5.25 Å². The number of rotatable bonds is 5. The highest BCUT2D eigenvalue weighted by Crippen LogP contribution is 2.23. The summed E-state index contributed by atoms with van der Waals surface area (Å²) in [5, 5.41) is 9.56. The summed E-state index contributed by atoms with van der Waals surface area (Å²) in [5.41, 5.74) is 0. The summed E-state index contributed by atoms with van der Waals surface area (Å²) in [4.78, 5) is 16.0. The minimum Gasteiger partial charge on any atom is -0.480 e. The second-order valence-electron chi connectivity index (χ2n) is 2.89. The molecular formula is C9H13NO2S2. The van der Waals surface area contributed by atoms with Crippen molar-refractivity contribution in [1.82, 2.24) is 4.98 Å². The van der Waals surface area contributed by atoms with Crippen molar-refractivity contribution < 1.29 is 9.90 Å². The van der Waals surface area contributed by atoms with E-state index in [4.69, 9.17) is 5.11 Å². The molecular weight excluding hydrogens is 218 g/mol. The molecule has 1 unspecified atom stereocenters. The number of hydrogen-bond donors (Lipinski definition) is 1. The van der Waals surface area contributed by atoms with E-state index in [1.54, 1.807) is 11.3 Å². The second-order valence-corrected chi connectivity index (χ2v) is 5.40. The van der Waals surface area contributed by atoms with Crippen LogP contribution in [-0.2, 0) is 10.5 Å². The van der Waals surface area contributed by atoms with E-state index in [-0.39, 0.29) is 5.25 Å². The Morgan fingerprint density at radius 1 is 1.79 bits per heavy atom. The van der Waals surface area contributed by atoms with Gasteiger partial charge in [0.25, 0.3) is 0 Å². The maximum atomic E-state index is 10.7. The molecule has 0 amide bonds. The Morgan fingerprint density at radius 2 is 2.50 bits per heavy atom. The smallest absolute Gasteiger partial charge is 0.316 e. The topological polar surface area (TPSA) is 50.2 Å².